The summed E-state index contributed by atoms with van der Waals surface area (Å²) >= 11 is 0. The largest absolute Gasteiger partial charge is 0.218 e. The van der Waals surface area contributed by atoms with E-state index in [0.717, 1.165) is 0 Å². The topological polar surface area (TPSA) is 0 Å². The lowest BCUT2D eigenvalue weighted by molar-refractivity contribution is 0.931. The lowest BCUT2D eigenvalue weighted by atomic mass is 18.9. The molecule has 0 bridgehead atoms. The van der Waals surface area contributed by atoms with Crippen molar-refractivity contribution in [3.63, 3.8) is 0 Å². The summed E-state index contributed by atoms with van der Waals surface area (Å²) in [7, 11) is 3.68. The fourth-order valence-corrected chi connectivity index (χ4v) is 0. The Morgan fingerprint density at radius 2 is 2.00 bits per heavy atom. The van der Waals surface area contributed by atoms with E-state index in [-0.39, 0.29) is 0 Å². The molecule has 5 heavy (non-hydrogen) atoms. The molecule has 0 aromatic rings. The first-order valence-corrected chi connectivity index (χ1v) is 7.44. The van der Waals surface area contributed by atoms with E-state index in [1.807, 2.05) is 0 Å². The van der Waals surface area contributed by atoms with Crippen LogP contribution in [0.3, 0.4) is 0 Å². The predicted octanol–water partition coefficient (Wildman–Crippen LogP) is 2.53. The minimum atomic E-state index is -1.19. The van der Waals surface area contributed by atoms with Crippen molar-refractivity contribution < 1.29 is 4.20 Å². The van der Waals surface area contributed by atoms with Crippen molar-refractivity contribution in [2.75, 3.05) is 0 Å². The highest BCUT2D eigenvalue weighted by Gasteiger charge is 1.85. The third kappa shape index (κ3) is 5.65. The normalized spacial score (nSPS) is 17.4. The molecule has 0 aliphatic carbocycles. The van der Waals surface area contributed by atoms with E-state index in [9.17, 15) is 4.20 Å². The van der Waals surface area contributed by atoms with Crippen molar-refractivity contribution in [3.05, 3.63) is 0 Å². The number of rotatable bonds is 1. The first-order valence-electron chi connectivity index (χ1n) is 0.940. The summed E-state index contributed by atoms with van der Waals surface area (Å²) in [4.78, 5) is 0. The minimum Gasteiger partial charge on any atom is -0.218 e. The SMILES string of the molecule is FP(P)PP. The van der Waals surface area contributed by atoms with Crippen LogP contribution in [0.25, 0.3) is 0 Å². The van der Waals surface area contributed by atoms with E-state index in [2.05, 4.69) is 17.9 Å². The van der Waals surface area contributed by atoms with E-state index in [1.165, 1.54) is 0 Å². The van der Waals surface area contributed by atoms with Crippen LogP contribution in [0.5, 0.6) is 0 Å². The van der Waals surface area contributed by atoms with Crippen LogP contribution in [0.15, 0.2) is 0 Å². The standard InChI is InChI=1S/FH5P4/c1-5(3)4-2/h4H,2-3H2. The van der Waals surface area contributed by atoms with Crippen LogP contribution in [0, 0.1) is 0 Å². The Hall–Kier alpha value is 1.65. The average Bonchev–Trinajstić information content (AvgIpc) is 1.38. The molecule has 0 saturated heterocycles. The molecule has 0 aromatic carbocycles. The molecule has 0 aliphatic heterocycles. The van der Waals surface area contributed by atoms with Crippen molar-refractivity contribution in [1.82, 2.24) is 0 Å². The monoisotopic (exact) mass is 148 g/mol. The molecule has 0 amide bonds. The third-order valence-electron chi connectivity index (χ3n) is 0.123. The van der Waals surface area contributed by atoms with Gasteiger partial charge in [0.1, 0.15) is 7.61 Å². The van der Waals surface area contributed by atoms with Gasteiger partial charge in [-0.25, -0.2) is 4.20 Å². The fourth-order valence-electron chi connectivity index (χ4n) is 0. The molecule has 4 unspecified atom stereocenters. The summed E-state index contributed by atoms with van der Waals surface area (Å²) in [6, 6.07) is 0. The fraction of sp³-hybridized carbons (Fsp3) is 0. The maximum absolute atomic E-state index is 11.4. The highest BCUT2D eigenvalue weighted by Crippen LogP contribution is 2.67. The van der Waals surface area contributed by atoms with Crippen LogP contribution in [0.2, 0.25) is 0 Å². The maximum Gasteiger partial charge on any atom is 0.123 e. The van der Waals surface area contributed by atoms with Crippen LogP contribution in [-0.2, 0) is 0 Å². The van der Waals surface area contributed by atoms with Gasteiger partial charge in [-0.3, -0.25) is 0 Å². The first-order chi connectivity index (χ1) is 2.27. The van der Waals surface area contributed by atoms with Crippen molar-refractivity contribution in [2.24, 2.45) is 0 Å². The van der Waals surface area contributed by atoms with E-state index in [1.54, 1.807) is 0 Å². The molecule has 0 aliphatic rings. The summed E-state index contributed by atoms with van der Waals surface area (Å²) in [6.07, 6.45) is 0. The Labute approximate surface area is 38.4 Å². The molecule has 32 valence electrons. The zero-order valence-electron chi connectivity index (χ0n) is 2.48. The zero-order chi connectivity index (χ0) is 4.28. The first kappa shape index (κ1) is 6.65. The summed E-state index contributed by atoms with van der Waals surface area (Å²) in [5.74, 6) is 0. The van der Waals surface area contributed by atoms with Crippen LogP contribution >= 0.6 is 33.4 Å². The summed E-state index contributed by atoms with van der Waals surface area (Å²) < 4.78 is 11.4. The maximum atomic E-state index is 11.4. The van der Waals surface area contributed by atoms with Gasteiger partial charge in [0.05, 0.1) is 0 Å². The van der Waals surface area contributed by atoms with Gasteiger partial charge in [0.25, 0.3) is 0 Å². The molecule has 0 N–H and O–H groups in total. The summed E-state index contributed by atoms with van der Waals surface area (Å²) in [6.45, 7) is 0. The molecular formula is H5FP4. The molecular weight excluding hydrogens is 143 g/mol. The molecule has 0 nitrogen and oxygen atoms in total. The molecule has 0 saturated carbocycles. The van der Waals surface area contributed by atoms with Crippen molar-refractivity contribution in [3.8, 4) is 0 Å². The third-order valence-corrected chi connectivity index (χ3v) is 7.35. The van der Waals surface area contributed by atoms with Gasteiger partial charge in [0.2, 0.25) is 0 Å². The molecule has 0 heterocycles. The predicted molar refractivity (Wildman–Crippen MR) is 35.8 cm³/mol. The molecule has 0 rings (SSSR count). The van der Waals surface area contributed by atoms with Crippen molar-refractivity contribution in [1.29, 1.82) is 0 Å². The quantitative estimate of drug-likeness (QED) is 0.501. The van der Waals surface area contributed by atoms with E-state index in [0.29, 0.717) is 7.96 Å². The van der Waals surface area contributed by atoms with Crippen LogP contribution < -0.4 is 0 Å². The molecule has 4 atom stereocenters. The second kappa shape index (κ2) is 3.83. The Balaban J connectivity index is 2.54. The highest BCUT2D eigenvalue weighted by atomic mass is 32.6. The second-order valence-electron chi connectivity index (χ2n) is 0.440. The van der Waals surface area contributed by atoms with Gasteiger partial charge >= 0.3 is 0 Å². The Morgan fingerprint density at radius 1 is 1.80 bits per heavy atom. The van der Waals surface area contributed by atoms with Gasteiger partial charge in [-0.15, -0.1) is 8.93 Å². The highest BCUT2D eigenvalue weighted by molar-refractivity contribution is 8.59. The lowest BCUT2D eigenvalue weighted by Gasteiger charge is -1.85. The van der Waals surface area contributed by atoms with E-state index >= 15 is 0 Å². The Kier molecular flexibility index (Phi) is 5.09. The van der Waals surface area contributed by atoms with E-state index < -0.39 is 7.61 Å². The number of hydrogen-bond acceptors (Lipinski definition) is 0. The lowest BCUT2D eigenvalue weighted by Crippen LogP contribution is -1.05. The van der Waals surface area contributed by atoms with Crippen molar-refractivity contribution >= 4 is 33.4 Å². The van der Waals surface area contributed by atoms with E-state index in [4.69, 9.17) is 0 Å². The van der Waals surface area contributed by atoms with Crippen LogP contribution in [-0.4, -0.2) is 0 Å². The smallest absolute Gasteiger partial charge is 0.123 e. The molecule has 0 radical (unpaired) electrons. The van der Waals surface area contributed by atoms with Gasteiger partial charge in [0.15, 0.2) is 0 Å². The van der Waals surface area contributed by atoms with Gasteiger partial charge in [-0.2, -0.15) is 0 Å². The molecule has 0 aromatic heterocycles. The molecule has 0 spiro atoms. The summed E-state index contributed by atoms with van der Waals surface area (Å²) in [5, 5.41) is 0. The molecule has 5 heteroatoms. The van der Waals surface area contributed by atoms with Crippen LogP contribution in [0.4, 0.5) is 4.20 Å². The molecule has 0 fully saturated rings. The Bertz CT molecular complexity index is 17.6. The van der Waals surface area contributed by atoms with Gasteiger partial charge in [-0.1, -0.05) is 8.93 Å². The van der Waals surface area contributed by atoms with Crippen LogP contribution in [0.1, 0.15) is 0 Å². The van der Waals surface area contributed by atoms with Gasteiger partial charge in [-0.05, 0) is 7.96 Å². The summed E-state index contributed by atoms with van der Waals surface area (Å²) in [5.41, 5.74) is 0. The van der Waals surface area contributed by atoms with Gasteiger partial charge in [0, 0.05) is 0 Å². The van der Waals surface area contributed by atoms with Gasteiger partial charge < -0.3 is 0 Å². The van der Waals surface area contributed by atoms with Crippen molar-refractivity contribution in [2.45, 2.75) is 0 Å². The zero-order valence-corrected chi connectivity index (χ0v) is 6.68. The number of halogens is 1. The number of hydrogen-bond donors (Lipinski definition) is 0. The average molecular weight is 148 g/mol. The Morgan fingerprint density at radius 3 is 2.00 bits per heavy atom. The second-order valence-corrected chi connectivity index (χ2v) is 8.61. The minimum absolute atomic E-state index is 0.392.